The van der Waals surface area contributed by atoms with Gasteiger partial charge in [0, 0.05) is 13.1 Å². The number of carbonyl (C=O) groups is 1. The van der Waals surface area contributed by atoms with Crippen LogP contribution in [0.4, 0.5) is 5.69 Å². The Kier molecular flexibility index (Phi) is 7.15. The van der Waals surface area contributed by atoms with E-state index in [9.17, 15) is 13.2 Å². The van der Waals surface area contributed by atoms with E-state index >= 15 is 0 Å². The number of hydrogen-bond donors (Lipinski definition) is 1. The van der Waals surface area contributed by atoms with Crippen LogP contribution in [-0.2, 0) is 14.8 Å². The zero-order valence-corrected chi connectivity index (χ0v) is 19.4. The first-order chi connectivity index (χ1) is 16.0. The molecule has 7 nitrogen and oxygen atoms in total. The Morgan fingerprint density at radius 2 is 1.67 bits per heavy atom. The molecule has 0 spiro atoms. The van der Waals surface area contributed by atoms with E-state index in [0.717, 1.165) is 36.5 Å². The lowest BCUT2D eigenvalue weighted by Gasteiger charge is -2.21. The molecule has 0 bridgehead atoms. The maximum Gasteiger partial charge on any atom is 0.262 e. The predicted octanol–water partition coefficient (Wildman–Crippen LogP) is 4.43. The van der Waals surface area contributed by atoms with Crippen molar-refractivity contribution in [1.29, 1.82) is 0 Å². The highest BCUT2D eigenvalue weighted by atomic mass is 32.2. The molecule has 1 saturated heterocycles. The highest BCUT2D eigenvalue weighted by Crippen LogP contribution is 2.30. The number of carbonyl (C=O) groups excluding carboxylic acids is 1. The quantitative estimate of drug-likeness (QED) is 0.555. The Labute approximate surface area is 194 Å². The first-order valence-corrected chi connectivity index (χ1v) is 12.5. The summed E-state index contributed by atoms with van der Waals surface area (Å²) in [4.78, 5) is 12.7. The van der Waals surface area contributed by atoms with Gasteiger partial charge in [-0.05, 0) is 53.9 Å². The fourth-order valence-electron chi connectivity index (χ4n) is 3.97. The van der Waals surface area contributed by atoms with Crippen molar-refractivity contribution in [3.8, 4) is 11.5 Å². The third-order valence-corrected chi connectivity index (χ3v) is 7.63. The molecule has 1 aliphatic rings. The summed E-state index contributed by atoms with van der Waals surface area (Å²) in [5, 5.41) is 4.83. The zero-order valence-electron chi connectivity index (χ0n) is 18.6. The fourth-order valence-corrected chi connectivity index (χ4v) is 5.51. The third-order valence-electron chi connectivity index (χ3n) is 5.74. The van der Waals surface area contributed by atoms with Crippen molar-refractivity contribution in [2.24, 2.45) is 0 Å². The average molecular weight is 469 g/mol. The molecule has 3 aromatic carbocycles. The first-order valence-electron chi connectivity index (χ1n) is 11.1. The van der Waals surface area contributed by atoms with Crippen molar-refractivity contribution < 1.29 is 22.7 Å². The molecule has 4 rings (SSSR count). The van der Waals surface area contributed by atoms with E-state index in [1.54, 1.807) is 6.07 Å². The van der Waals surface area contributed by atoms with E-state index in [0.29, 0.717) is 30.3 Å². The minimum absolute atomic E-state index is 0.135. The van der Waals surface area contributed by atoms with Crippen molar-refractivity contribution in [2.45, 2.75) is 30.6 Å². The smallest absolute Gasteiger partial charge is 0.262 e. The van der Waals surface area contributed by atoms with Crippen LogP contribution in [0.3, 0.4) is 0 Å². The van der Waals surface area contributed by atoms with Gasteiger partial charge in [-0.2, -0.15) is 4.31 Å². The van der Waals surface area contributed by atoms with Gasteiger partial charge in [0.15, 0.2) is 6.61 Å². The number of benzene rings is 3. The molecular weight excluding hydrogens is 440 g/mol. The summed E-state index contributed by atoms with van der Waals surface area (Å²) in [6, 6.07) is 18.0. The number of rotatable bonds is 7. The highest BCUT2D eigenvalue weighted by Gasteiger charge is 2.26. The number of nitrogens with one attached hydrogen (secondary N) is 1. The van der Waals surface area contributed by atoms with E-state index in [4.69, 9.17) is 9.47 Å². The van der Waals surface area contributed by atoms with Crippen LogP contribution in [0.25, 0.3) is 10.8 Å². The summed E-state index contributed by atoms with van der Waals surface area (Å²) in [7, 11) is -2.18. The van der Waals surface area contributed by atoms with Crippen molar-refractivity contribution in [1.82, 2.24) is 4.31 Å². The molecule has 0 saturated carbocycles. The van der Waals surface area contributed by atoms with Crippen molar-refractivity contribution in [3.63, 3.8) is 0 Å². The van der Waals surface area contributed by atoms with Crippen molar-refractivity contribution in [3.05, 3.63) is 60.7 Å². The minimum Gasteiger partial charge on any atom is -0.495 e. The molecule has 1 fully saturated rings. The van der Waals surface area contributed by atoms with E-state index in [1.165, 1.54) is 23.5 Å². The van der Waals surface area contributed by atoms with Gasteiger partial charge in [-0.3, -0.25) is 4.79 Å². The summed E-state index contributed by atoms with van der Waals surface area (Å²) >= 11 is 0. The van der Waals surface area contributed by atoms with Crippen molar-refractivity contribution >= 4 is 32.4 Å². The Balaban J connectivity index is 1.47. The van der Waals surface area contributed by atoms with Gasteiger partial charge < -0.3 is 14.8 Å². The Bertz CT molecular complexity index is 1230. The van der Waals surface area contributed by atoms with Gasteiger partial charge in [-0.25, -0.2) is 8.42 Å². The molecule has 1 N–H and O–H groups in total. The summed E-state index contributed by atoms with van der Waals surface area (Å²) in [5.41, 5.74) is 0.292. The van der Waals surface area contributed by atoms with Gasteiger partial charge in [-0.15, -0.1) is 0 Å². The fraction of sp³-hybridized carbons (Fsp3) is 0.320. The van der Waals surface area contributed by atoms with Crippen LogP contribution in [0.5, 0.6) is 11.5 Å². The van der Waals surface area contributed by atoms with E-state index in [-0.39, 0.29) is 11.5 Å². The maximum atomic E-state index is 13.1. The number of anilines is 1. The lowest BCUT2D eigenvalue weighted by atomic mass is 10.1. The molecule has 1 heterocycles. The molecule has 1 aliphatic heterocycles. The Morgan fingerprint density at radius 3 is 2.39 bits per heavy atom. The summed E-state index contributed by atoms with van der Waals surface area (Å²) in [6.07, 6.45) is 3.77. The Hall–Kier alpha value is -3.10. The second kappa shape index (κ2) is 10.2. The molecule has 1 amide bonds. The number of fused-ring (bicyclic) bond motifs is 1. The molecule has 174 valence electrons. The molecule has 0 aromatic heterocycles. The molecule has 0 atom stereocenters. The molecule has 3 aromatic rings. The SMILES string of the molecule is COc1ccc(S(=O)(=O)N2CCCCCC2)cc1NC(=O)COc1ccc2ccccc2c1. The second-order valence-corrected chi connectivity index (χ2v) is 9.96. The standard InChI is InChI=1S/C25H28N2O5S/c1-31-24-13-12-22(33(29,30)27-14-6-2-3-7-15-27)17-23(24)26-25(28)18-32-21-11-10-19-8-4-5-9-20(19)16-21/h4-5,8-13,16-17H,2-3,6-7,14-15,18H2,1H3,(H,26,28). The van der Waals surface area contributed by atoms with Gasteiger partial charge in [0.05, 0.1) is 17.7 Å². The number of hydrogen-bond acceptors (Lipinski definition) is 5. The van der Waals surface area contributed by atoms with Crippen LogP contribution in [0.1, 0.15) is 25.7 Å². The lowest BCUT2D eigenvalue weighted by molar-refractivity contribution is -0.118. The predicted molar refractivity (Wildman–Crippen MR) is 128 cm³/mol. The monoisotopic (exact) mass is 468 g/mol. The van der Waals surface area contributed by atoms with Crippen LogP contribution >= 0.6 is 0 Å². The number of amides is 1. The third kappa shape index (κ3) is 5.46. The molecule has 0 unspecified atom stereocenters. The van der Waals surface area contributed by atoms with Gasteiger partial charge in [0.2, 0.25) is 10.0 Å². The molecule has 33 heavy (non-hydrogen) atoms. The zero-order chi connectivity index (χ0) is 23.3. The van der Waals surface area contributed by atoms with Crippen LogP contribution in [0.2, 0.25) is 0 Å². The maximum absolute atomic E-state index is 13.1. The summed E-state index contributed by atoms with van der Waals surface area (Å²) in [5.74, 6) is 0.544. The van der Waals surface area contributed by atoms with Crippen LogP contribution in [0.15, 0.2) is 65.6 Å². The van der Waals surface area contributed by atoms with Crippen LogP contribution in [-0.4, -0.2) is 45.4 Å². The number of sulfonamides is 1. The highest BCUT2D eigenvalue weighted by molar-refractivity contribution is 7.89. The van der Waals surface area contributed by atoms with Gasteiger partial charge in [0.25, 0.3) is 5.91 Å². The largest absolute Gasteiger partial charge is 0.495 e. The Morgan fingerprint density at radius 1 is 0.939 bits per heavy atom. The molecular formula is C25H28N2O5S. The van der Waals surface area contributed by atoms with Crippen molar-refractivity contribution in [2.75, 3.05) is 32.1 Å². The normalized spacial score (nSPS) is 15.1. The van der Waals surface area contributed by atoms with Crippen LogP contribution < -0.4 is 14.8 Å². The minimum atomic E-state index is -3.65. The first kappa shape index (κ1) is 23.1. The molecule has 8 heteroatoms. The summed E-state index contributed by atoms with van der Waals surface area (Å²) in [6.45, 7) is 0.801. The lowest BCUT2D eigenvalue weighted by Crippen LogP contribution is -2.32. The van der Waals surface area contributed by atoms with Gasteiger partial charge >= 0.3 is 0 Å². The number of nitrogens with zero attached hydrogens (tertiary/aromatic N) is 1. The van der Waals surface area contributed by atoms with Gasteiger partial charge in [0.1, 0.15) is 11.5 Å². The average Bonchev–Trinajstić information content (AvgIpc) is 3.13. The molecule has 0 radical (unpaired) electrons. The van der Waals surface area contributed by atoms with E-state index in [2.05, 4.69) is 5.32 Å². The number of ether oxygens (including phenoxy) is 2. The molecule has 0 aliphatic carbocycles. The second-order valence-electron chi connectivity index (χ2n) is 8.03. The topological polar surface area (TPSA) is 84.9 Å². The van der Waals surface area contributed by atoms with Crippen LogP contribution in [0, 0.1) is 0 Å². The van der Waals surface area contributed by atoms with E-state index in [1.807, 2.05) is 42.5 Å². The number of methoxy groups -OCH3 is 1. The summed E-state index contributed by atoms with van der Waals surface area (Å²) < 4.78 is 38.8. The van der Waals surface area contributed by atoms with Gasteiger partial charge in [-0.1, -0.05) is 43.2 Å². The van der Waals surface area contributed by atoms with E-state index < -0.39 is 15.9 Å².